The summed E-state index contributed by atoms with van der Waals surface area (Å²) < 4.78 is 22.0. The lowest BCUT2D eigenvalue weighted by atomic mass is 10.1. The second-order valence-electron chi connectivity index (χ2n) is 4.41. The summed E-state index contributed by atoms with van der Waals surface area (Å²) in [5.74, 6) is 0.424. The molecule has 9 heteroatoms. The fraction of sp³-hybridized carbons (Fsp3) is 0.167. The highest BCUT2D eigenvalue weighted by atomic mass is 35.5. The van der Waals surface area contributed by atoms with Crippen LogP contribution < -0.4 is 16.2 Å². The fourth-order valence-electron chi connectivity index (χ4n) is 1.70. The van der Waals surface area contributed by atoms with Gasteiger partial charge in [0, 0.05) is 12.6 Å². The van der Waals surface area contributed by atoms with Crippen LogP contribution in [0.4, 0.5) is 11.8 Å². The van der Waals surface area contributed by atoms with Crippen LogP contribution in [0, 0.1) is 0 Å². The van der Waals surface area contributed by atoms with Gasteiger partial charge in [-0.1, -0.05) is 35.9 Å². The van der Waals surface area contributed by atoms with E-state index < -0.39 is 10.0 Å². The van der Waals surface area contributed by atoms with Crippen molar-refractivity contribution in [2.45, 2.75) is 12.3 Å². The minimum absolute atomic E-state index is 0.0912. The van der Waals surface area contributed by atoms with Crippen molar-refractivity contribution >= 4 is 33.4 Å². The van der Waals surface area contributed by atoms with Gasteiger partial charge < -0.3 is 11.1 Å². The van der Waals surface area contributed by atoms with Crippen LogP contribution in [0.1, 0.15) is 11.1 Å². The van der Waals surface area contributed by atoms with Crippen molar-refractivity contribution in [3.8, 4) is 0 Å². The molecule has 1 aromatic heterocycles. The van der Waals surface area contributed by atoms with Gasteiger partial charge >= 0.3 is 0 Å². The Morgan fingerprint density at radius 2 is 1.76 bits per heavy atom. The Bertz CT molecular complexity index is 714. The van der Waals surface area contributed by atoms with Gasteiger partial charge in [-0.15, -0.1) is 0 Å². The third kappa shape index (κ3) is 5.18. The normalized spacial score (nSPS) is 11.3. The number of hydrogen-bond acceptors (Lipinski definition) is 6. The first-order valence-electron chi connectivity index (χ1n) is 5.94. The van der Waals surface area contributed by atoms with Crippen molar-refractivity contribution in [1.29, 1.82) is 0 Å². The molecular formula is C12H14ClN5O2S. The molecule has 2 rings (SSSR count). The van der Waals surface area contributed by atoms with Crippen LogP contribution in [0.2, 0.25) is 5.15 Å². The first-order valence-corrected chi connectivity index (χ1v) is 8.03. The molecule has 0 spiro atoms. The van der Waals surface area contributed by atoms with Crippen LogP contribution in [0.5, 0.6) is 0 Å². The number of primary sulfonamides is 1. The second kappa shape index (κ2) is 6.25. The van der Waals surface area contributed by atoms with E-state index in [-0.39, 0.29) is 16.9 Å². The molecule has 1 heterocycles. The summed E-state index contributed by atoms with van der Waals surface area (Å²) in [4.78, 5) is 7.75. The van der Waals surface area contributed by atoms with E-state index in [9.17, 15) is 8.42 Å². The van der Waals surface area contributed by atoms with Crippen molar-refractivity contribution in [1.82, 2.24) is 9.97 Å². The molecular weight excluding hydrogens is 314 g/mol. The highest BCUT2D eigenvalue weighted by Gasteiger charge is 2.05. The molecule has 0 radical (unpaired) electrons. The van der Waals surface area contributed by atoms with Crippen LogP contribution in [-0.2, 0) is 22.3 Å². The molecule has 0 bridgehead atoms. The monoisotopic (exact) mass is 327 g/mol. The Morgan fingerprint density at radius 1 is 1.14 bits per heavy atom. The Hall–Kier alpha value is -1.90. The average Bonchev–Trinajstić information content (AvgIpc) is 2.35. The van der Waals surface area contributed by atoms with E-state index >= 15 is 0 Å². The Morgan fingerprint density at radius 3 is 2.33 bits per heavy atom. The SMILES string of the molecule is Nc1nc(Cl)cc(NCc2ccc(CS(N)(=O)=O)cc2)n1. The summed E-state index contributed by atoms with van der Waals surface area (Å²) >= 11 is 5.77. The smallest absolute Gasteiger partial charge is 0.223 e. The minimum Gasteiger partial charge on any atom is -0.368 e. The third-order valence-corrected chi connectivity index (χ3v) is 3.51. The average molecular weight is 328 g/mol. The maximum Gasteiger partial charge on any atom is 0.223 e. The number of aromatic nitrogens is 2. The van der Waals surface area contributed by atoms with Crippen LogP contribution in [0.15, 0.2) is 30.3 Å². The molecule has 0 amide bonds. The van der Waals surface area contributed by atoms with Gasteiger partial charge in [-0.25, -0.2) is 18.5 Å². The Kier molecular flexibility index (Phi) is 4.61. The standard InChI is InChI=1S/C12H14ClN5O2S/c13-10-5-11(18-12(14)17-10)16-6-8-1-3-9(4-2-8)7-21(15,19)20/h1-5H,6-7H2,(H2,15,19,20)(H3,14,16,17,18). The van der Waals surface area contributed by atoms with E-state index in [2.05, 4.69) is 15.3 Å². The zero-order valence-electron chi connectivity index (χ0n) is 11.0. The molecule has 0 atom stereocenters. The van der Waals surface area contributed by atoms with Crippen LogP contribution in [-0.4, -0.2) is 18.4 Å². The number of sulfonamides is 1. The first-order chi connectivity index (χ1) is 9.82. The summed E-state index contributed by atoms with van der Waals surface area (Å²) in [6.45, 7) is 0.489. The molecule has 21 heavy (non-hydrogen) atoms. The molecule has 2 aromatic rings. The molecule has 112 valence electrons. The third-order valence-electron chi connectivity index (χ3n) is 2.58. The minimum atomic E-state index is -3.52. The van der Waals surface area contributed by atoms with E-state index in [4.69, 9.17) is 22.5 Å². The summed E-state index contributed by atoms with van der Waals surface area (Å²) in [6, 6.07) is 8.60. The second-order valence-corrected chi connectivity index (χ2v) is 6.41. The fourth-order valence-corrected chi connectivity index (χ4v) is 2.55. The number of nitrogens with one attached hydrogen (secondary N) is 1. The number of benzene rings is 1. The number of nitrogens with two attached hydrogens (primary N) is 2. The molecule has 0 fully saturated rings. The zero-order chi connectivity index (χ0) is 15.5. The molecule has 7 nitrogen and oxygen atoms in total. The van der Waals surface area contributed by atoms with Gasteiger partial charge in [0.1, 0.15) is 11.0 Å². The maximum absolute atomic E-state index is 11.0. The Balaban J connectivity index is 2.00. The molecule has 0 saturated carbocycles. The van der Waals surface area contributed by atoms with E-state index in [1.807, 2.05) is 0 Å². The first kappa shape index (κ1) is 15.5. The van der Waals surface area contributed by atoms with Gasteiger partial charge in [-0.3, -0.25) is 0 Å². The Labute approximate surface area is 127 Å². The van der Waals surface area contributed by atoms with Gasteiger partial charge in [0.05, 0.1) is 5.75 Å². The number of nitrogen functional groups attached to an aromatic ring is 1. The quantitative estimate of drug-likeness (QED) is 0.707. The number of hydrogen-bond donors (Lipinski definition) is 3. The van der Waals surface area contributed by atoms with E-state index in [1.165, 1.54) is 0 Å². The van der Waals surface area contributed by atoms with Crippen LogP contribution in [0.25, 0.3) is 0 Å². The van der Waals surface area contributed by atoms with Gasteiger partial charge in [0.25, 0.3) is 0 Å². The predicted octanol–water partition coefficient (Wildman–Crippen LogP) is 1.11. The van der Waals surface area contributed by atoms with Crippen LogP contribution >= 0.6 is 11.6 Å². The molecule has 0 unspecified atom stereocenters. The predicted molar refractivity (Wildman–Crippen MR) is 82.0 cm³/mol. The topological polar surface area (TPSA) is 124 Å². The molecule has 1 aromatic carbocycles. The number of anilines is 2. The lowest BCUT2D eigenvalue weighted by Gasteiger charge is -2.07. The van der Waals surface area contributed by atoms with Crippen molar-refractivity contribution in [2.75, 3.05) is 11.1 Å². The lowest BCUT2D eigenvalue weighted by Crippen LogP contribution is -2.14. The summed E-state index contributed by atoms with van der Waals surface area (Å²) in [5.41, 5.74) is 7.07. The van der Waals surface area contributed by atoms with Crippen molar-refractivity contribution < 1.29 is 8.42 Å². The molecule has 0 aliphatic rings. The summed E-state index contributed by atoms with van der Waals surface area (Å²) in [7, 11) is -3.52. The van der Waals surface area contributed by atoms with E-state index in [1.54, 1.807) is 30.3 Å². The lowest BCUT2D eigenvalue weighted by molar-refractivity contribution is 0.597. The summed E-state index contributed by atoms with van der Waals surface area (Å²) in [5, 5.41) is 8.30. The molecule has 0 aliphatic carbocycles. The zero-order valence-corrected chi connectivity index (χ0v) is 12.5. The number of rotatable bonds is 5. The van der Waals surface area contributed by atoms with Crippen molar-refractivity contribution in [3.05, 3.63) is 46.6 Å². The van der Waals surface area contributed by atoms with Gasteiger partial charge in [-0.2, -0.15) is 4.98 Å². The van der Waals surface area contributed by atoms with Crippen molar-refractivity contribution in [3.63, 3.8) is 0 Å². The largest absolute Gasteiger partial charge is 0.368 e. The van der Waals surface area contributed by atoms with E-state index in [0.717, 1.165) is 5.56 Å². The molecule has 0 saturated heterocycles. The van der Waals surface area contributed by atoms with Crippen molar-refractivity contribution in [2.24, 2.45) is 5.14 Å². The highest BCUT2D eigenvalue weighted by Crippen LogP contribution is 2.14. The van der Waals surface area contributed by atoms with Gasteiger partial charge in [0.2, 0.25) is 16.0 Å². The number of halogens is 1. The highest BCUT2D eigenvalue weighted by molar-refractivity contribution is 7.88. The molecule has 5 N–H and O–H groups in total. The van der Waals surface area contributed by atoms with Gasteiger partial charge in [0.15, 0.2) is 0 Å². The molecule has 0 aliphatic heterocycles. The summed E-state index contributed by atoms with van der Waals surface area (Å²) in [6.07, 6.45) is 0. The number of nitrogens with zero attached hydrogens (tertiary/aromatic N) is 2. The van der Waals surface area contributed by atoms with Crippen LogP contribution in [0.3, 0.4) is 0 Å². The van der Waals surface area contributed by atoms with E-state index in [0.29, 0.717) is 17.9 Å². The van der Waals surface area contributed by atoms with Gasteiger partial charge in [-0.05, 0) is 11.1 Å². The maximum atomic E-state index is 11.0.